The highest BCUT2D eigenvalue weighted by molar-refractivity contribution is 5.87. The zero-order valence-corrected chi connectivity index (χ0v) is 16.2. The van der Waals surface area contributed by atoms with Crippen molar-refractivity contribution in [1.82, 2.24) is 20.4 Å². The number of rotatable bonds is 5. The summed E-state index contributed by atoms with van der Waals surface area (Å²) in [6.07, 6.45) is 0. The third-order valence-electron chi connectivity index (χ3n) is 4.78. The van der Waals surface area contributed by atoms with Gasteiger partial charge in [-0.05, 0) is 31.2 Å². The highest BCUT2D eigenvalue weighted by atomic mass is 16.5. The molecule has 1 aliphatic rings. The minimum atomic E-state index is -0.450. The van der Waals surface area contributed by atoms with E-state index in [1.165, 1.54) is 0 Å². The van der Waals surface area contributed by atoms with Crippen LogP contribution in [0.5, 0.6) is 0 Å². The maximum atomic E-state index is 11.7. The molecule has 0 atom stereocenters. The molecule has 2 aromatic heterocycles. The van der Waals surface area contributed by atoms with Crippen molar-refractivity contribution in [2.45, 2.75) is 6.92 Å². The van der Waals surface area contributed by atoms with E-state index in [2.05, 4.69) is 30.2 Å². The molecule has 0 radical (unpaired) electrons. The van der Waals surface area contributed by atoms with Gasteiger partial charge in [-0.25, -0.2) is 4.79 Å². The molecule has 0 bridgehead atoms. The van der Waals surface area contributed by atoms with Gasteiger partial charge in [-0.1, -0.05) is 30.3 Å². The summed E-state index contributed by atoms with van der Waals surface area (Å²) >= 11 is 0. The van der Waals surface area contributed by atoms with E-state index in [1.54, 1.807) is 13.0 Å². The van der Waals surface area contributed by atoms with Crippen LogP contribution in [0, 0.1) is 0 Å². The minimum absolute atomic E-state index is 0.225. The van der Waals surface area contributed by atoms with E-state index in [-0.39, 0.29) is 5.69 Å². The van der Waals surface area contributed by atoms with Crippen LogP contribution in [-0.2, 0) is 4.74 Å². The van der Waals surface area contributed by atoms with Gasteiger partial charge in [0.05, 0.1) is 12.3 Å². The lowest BCUT2D eigenvalue weighted by Crippen LogP contribution is -2.47. The molecule has 8 nitrogen and oxygen atoms in total. The van der Waals surface area contributed by atoms with Gasteiger partial charge >= 0.3 is 5.97 Å². The Morgan fingerprint density at radius 1 is 0.828 bits per heavy atom. The van der Waals surface area contributed by atoms with Gasteiger partial charge in [0.2, 0.25) is 0 Å². The second-order valence-electron chi connectivity index (χ2n) is 6.61. The normalized spacial score (nSPS) is 14.0. The van der Waals surface area contributed by atoms with Crippen molar-refractivity contribution in [2.24, 2.45) is 0 Å². The second kappa shape index (κ2) is 8.64. The fourth-order valence-corrected chi connectivity index (χ4v) is 3.23. The molecule has 1 aliphatic heterocycles. The Morgan fingerprint density at radius 2 is 1.45 bits per heavy atom. The molecule has 1 aromatic carbocycles. The fraction of sp³-hybridized carbons (Fsp3) is 0.286. The number of carbonyl (C=O) groups excluding carboxylic acids is 1. The molecule has 0 aliphatic carbocycles. The molecule has 8 heteroatoms. The van der Waals surface area contributed by atoms with E-state index >= 15 is 0 Å². The van der Waals surface area contributed by atoms with Crippen molar-refractivity contribution >= 4 is 17.6 Å². The maximum Gasteiger partial charge on any atom is 0.358 e. The lowest BCUT2D eigenvalue weighted by atomic mass is 10.1. The Balaban J connectivity index is 1.36. The molecule has 0 unspecified atom stereocenters. The van der Waals surface area contributed by atoms with E-state index in [9.17, 15) is 4.79 Å². The largest absolute Gasteiger partial charge is 0.461 e. The predicted molar refractivity (Wildman–Crippen MR) is 110 cm³/mol. The van der Waals surface area contributed by atoms with Gasteiger partial charge in [-0.15, -0.1) is 20.4 Å². The average molecular weight is 390 g/mol. The van der Waals surface area contributed by atoms with Crippen molar-refractivity contribution in [3.05, 3.63) is 60.3 Å². The molecule has 3 heterocycles. The minimum Gasteiger partial charge on any atom is -0.461 e. The Hall–Kier alpha value is -3.55. The molecular weight excluding hydrogens is 368 g/mol. The molecule has 0 saturated carbocycles. The van der Waals surface area contributed by atoms with Crippen LogP contribution in [-0.4, -0.2) is 59.1 Å². The van der Waals surface area contributed by atoms with Crippen LogP contribution < -0.4 is 9.80 Å². The molecule has 1 saturated heterocycles. The summed E-state index contributed by atoms with van der Waals surface area (Å²) in [5.74, 6) is 1.17. The van der Waals surface area contributed by atoms with Crippen LogP contribution in [0.1, 0.15) is 17.4 Å². The summed E-state index contributed by atoms with van der Waals surface area (Å²) in [6.45, 7) is 5.27. The topological polar surface area (TPSA) is 84.3 Å². The number of anilines is 2. The van der Waals surface area contributed by atoms with Crippen molar-refractivity contribution in [2.75, 3.05) is 42.6 Å². The summed E-state index contributed by atoms with van der Waals surface area (Å²) in [6, 6.07) is 17.5. The molecule has 0 amide bonds. The highest BCUT2D eigenvalue weighted by Gasteiger charge is 2.20. The number of aromatic nitrogens is 4. The van der Waals surface area contributed by atoms with Crippen LogP contribution >= 0.6 is 0 Å². The van der Waals surface area contributed by atoms with Gasteiger partial charge in [-0.2, -0.15) is 0 Å². The van der Waals surface area contributed by atoms with Gasteiger partial charge in [0.25, 0.3) is 0 Å². The van der Waals surface area contributed by atoms with Gasteiger partial charge in [0.1, 0.15) is 0 Å². The number of hydrogen-bond acceptors (Lipinski definition) is 8. The zero-order chi connectivity index (χ0) is 20.1. The van der Waals surface area contributed by atoms with Gasteiger partial charge in [0.15, 0.2) is 17.3 Å². The molecule has 3 aromatic rings. The van der Waals surface area contributed by atoms with Crippen molar-refractivity contribution in [3.8, 4) is 11.3 Å². The molecule has 0 N–H and O–H groups in total. The molecule has 29 heavy (non-hydrogen) atoms. The number of piperazine rings is 1. The maximum absolute atomic E-state index is 11.7. The van der Waals surface area contributed by atoms with Crippen molar-refractivity contribution in [1.29, 1.82) is 0 Å². The molecule has 4 rings (SSSR count). The van der Waals surface area contributed by atoms with E-state index < -0.39 is 5.97 Å². The van der Waals surface area contributed by atoms with E-state index in [4.69, 9.17) is 4.74 Å². The number of carbonyl (C=O) groups is 1. The first-order chi connectivity index (χ1) is 14.2. The Labute approximate surface area is 169 Å². The smallest absolute Gasteiger partial charge is 0.358 e. The summed E-state index contributed by atoms with van der Waals surface area (Å²) in [5, 5.41) is 16.9. The summed E-state index contributed by atoms with van der Waals surface area (Å²) in [7, 11) is 0. The van der Waals surface area contributed by atoms with Crippen LogP contribution in [0.4, 0.5) is 11.6 Å². The fourth-order valence-electron chi connectivity index (χ4n) is 3.23. The van der Waals surface area contributed by atoms with Crippen LogP contribution in [0.2, 0.25) is 0 Å². The quantitative estimate of drug-likeness (QED) is 0.614. The third kappa shape index (κ3) is 4.31. The number of benzene rings is 1. The lowest BCUT2D eigenvalue weighted by molar-refractivity contribution is 0.0518. The van der Waals surface area contributed by atoms with E-state index in [0.717, 1.165) is 49.1 Å². The molecule has 0 spiro atoms. The highest BCUT2D eigenvalue weighted by Crippen LogP contribution is 2.20. The van der Waals surface area contributed by atoms with E-state index in [0.29, 0.717) is 6.61 Å². The Kier molecular flexibility index (Phi) is 5.60. The van der Waals surface area contributed by atoms with Crippen LogP contribution in [0.3, 0.4) is 0 Å². The van der Waals surface area contributed by atoms with Crippen molar-refractivity contribution < 1.29 is 9.53 Å². The molecule has 1 fully saturated rings. The van der Waals surface area contributed by atoms with Crippen LogP contribution in [0.15, 0.2) is 54.6 Å². The predicted octanol–water partition coefficient (Wildman–Crippen LogP) is 2.44. The first kappa shape index (κ1) is 18.8. The van der Waals surface area contributed by atoms with E-state index in [1.807, 2.05) is 48.5 Å². The molecular formula is C21H22N6O2. The van der Waals surface area contributed by atoms with Crippen molar-refractivity contribution in [3.63, 3.8) is 0 Å². The standard InChI is InChI=1S/C21H22N6O2/c1-2-29-21(28)18-9-11-20(25-23-18)27-14-12-26(13-15-27)19-10-8-17(22-24-19)16-6-4-3-5-7-16/h3-11H,2,12-15H2,1H3. The SMILES string of the molecule is CCOC(=O)c1ccc(N2CCN(c3ccc(-c4ccccc4)nn3)CC2)nn1. The number of esters is 1. The monoisotopic (exact) mass is 390 g/mol. The lowest BCUT2D eigenvalue weighted by Gasteiger charge is -2.35. The van der Waals surface area contributed by atoms with Gasteiger partial charge < -0.3 is 14.5 Å². The van der Waals surface area contributed by atoms with Gasteiger partial charge in [0, 0.05) is 31.7 Å². The zero-order valence-electron chi connectivity index (χ0n) is 16.2. The number of hydrogen-bond donors (Lipinski definition) is 0. The summed E-state index contributed by atoms with van der Waals surface area (Å²) in [5.41, 5.74) is 2.15. The van der Waals surface area contributed by atoms with Gasteiger partial charge in [-0.3, -0.25) is 0 Å². The first-order valence-electron chi connectivity index (χ1n) is 9.64. The Bertz CT molecular complexity index is 939. The second-order valence-corrected chi connectivity index (χ2v) is 6.61. The summed E-state index contributed by atoms with van der Waals surface area (Å²) < 4.78 is 4.94. The number of ether oxygens (including phenoxy) is 1. The first-order valence-corrected chi connectivity index (χ1v) is 9.64. The Morgan fingerprint density at radius 3 is 1.97 bits per heavy atom. The summed E-state index contributed by atoms with van der Waals surface area (Å²) in [4.78, 5) is 16.0. The van der Waals surface area contributed by atoms with Crippen LogP contribution in [0.25, 0.3) is 11.3 Å². The average Bonchev–Trinajstić information content (AvgIpc) is 2.80. The molecule has 148 valence electrons. The third-order valence-corrected chi connectivity index (χ3v) is 4.78. The number of nitrogens with zero attached hydrogens (tertiary/aromatic N) is 6.